The summed E-state index contributed by atoms with van der Waals surface area (Å²) in [7, 11) is 0. The molecule has 0 amide bonds. The fourth-order valence-corrected chi connectivity index (χ4v) is 3.68. The van der Waals surface area contributed by atoms with Crippen LogP contribution in [0.15, 0.2) is 0 Å². The number of hydrogen-bond donors (Lipinski definition) is 0. The van der Waals surface area contributed by atoms with E-state index in [-0.39, 0.29) is 0 Å². The third-order valence-electron chi connectivity index (χ3n) is 4.51. The van der Waals surface area contributed by atoms with Crippen LogP contribution in [0.5, 0.6) is 0 Å². The van der Waals surface area contributed by atoms with Gasteiger partial charge in [0.1, 0.15) is 0 Å². The van der Waals surface area contributed by atoms with Crippen molar-refractivity contribution in [1.82, 2.24) is 4.90 Å². The smallest absolute Gasteiger partial charge is 0.0152 e. The van der Waals surface area contributed by atoms with E-state index in [1.807, 2.05) is 0 Å². The Morgan fingerprint density at radius 1 is 1.14 bits per heavy atom. The van der Waals surface area contributed by atoms with E-state index in [0.29, 0.717) is 5.41 Å². The number of piperidine rings is 1. The van der Waals surface area contributed by atoms with E-state index in [9.17, 15) is 0 Å². The van der Waals surface area contributed by atoms with Crippen molar-refractivity contribution in [2.45, 2.75) is 71.4 Å². The molecule has 1 heteroatoms. The van der Waals surface area contributed by atoms with E-state index in [1.54, 1.807) is 0 Å². The van der Waals surface area contributed by atoms with Crippen LogP contribution in [0.2, 0.25) is 0 Å². The highest BCUT2D eigenvalue weighted by molar-refractivity contribution is 4.96. The van der Waals surface area contributed by atoms with Crippen LogP contribution in [0, 0.1) is 5.41 Å². The molecule has 1 saturated heterocycles. The zero-order valence-corrected chi connectivity index (χ0v) is 10.1. The monoisotopic (exact) mass is 195 g/mol. The van der Waals surface area contributed by atoms with Gasteiger partial charge in [0.2, 0.25) is 0 Å². The first-order valence-electron chi connectivity index (χ1n) is 6.39. The molecular weight excluding hydrogens is 170 g/mol. The van der Waals surface area contributed by atoms with Crippen LogP contribution < -0.4 is 0 Å². The van der Waals surface area contributed by atoms with Crippen LogP contribution in [0.3, 0.4) is 0 Å². The van der Waals surface area contributed by atoms with Gasteiger partial charge >= 0.3 is 0 Å². The maximum Gasteiger partial charge on any atom is 0.0152 e. The van der Waals surface area contributed by atoms with Gasteiger partial charge in [0.15, 0.2) is 0 Å². The van der Waals surface area contributed by atoms with Crippen LogP contribution in [-0.4, -0.2) is 23.5 Å². The molecule has 0 N–H and O–H groups in total. The molecule has 0 spiro atoms. The summed E-state index contributed by atoms with van der Waals surface area (Å²) in [5, 5.41) is 0. The van der Waals surface area contributed by atoms with Gasteiger partial charge in [-0.1, -0.05) is 19.8 Å². The summed E-state index contributed by atoms with van der Waals surface area (Å²) in [6.07, 6.45) is 8.75. The third kappa shape index (κ3) is 1.71. The van der Waals surface area contributed by atoms with Crippen molar-refractivity contribution < 1.29 is 0 Å². The highest BCUT2D eigenvalue weighted by Gasteiger charge is 2.42. The van der Waals surface area contributed by atoms with Crippen LogP contribution in [0.1, 0.15) is 59.3 Å². The molecule has 0 aromatic carbocycles. The summed E-state index contributed by atoms with van der Waals surface area (Å²) >= 11 is 0. The first-order valence-corrected chi connectivity index (χ1v) is 6.39. The molecular formula is C13H25N. The molecule has 2 atom stereocenters. The lowest BCUT2D eigenvalue weighted by atomic mass is 9.66. The van der Waals surface area contributed by atoms with Gasteiger partial charge in [-0.25, -0.2) is 0 Å². The van der Waals surface area contributed by atoms with Gasteiger partial charge < -0.3 is 0 Å². The van der Waals surface area contributed by atoms with E-state index < -0.39 is 0 Å². The van der Waals surface area contributed by atoms with E-state index in [1.165, 1.54) is 45.1 Å². The van der Waals surface area contributed by atoms with Crippen molar-refractivity contribution in [3.8, 4) is 0 Å². The van der Waals surface area contributed by atoms with Gasteiger partial charge in [-0.3, -0.25) is 4.90 Å². The Bertz CT molecular complexity index is 195. The van der Waals surface area contributed by atoms with Crippen molar-refractivity contribution >= 4 is 0 Å². The molecule has 2 fully saturated rings. The summed E-state index contributed by atoms with van der Waals surface area (Å²) in [6, 6.07) is 1.64. The van der Waals surface area contributed by atoms with Gasteiger partial charge in [0.05, 0.1) is 0 Å². The predicted octanol–water partition coefficient (Wildman–Crippen LogP) is 3.44. The van der Waals surface area contributed by atoms with E-state index in [2.05, 4.69) is 25.7 Å². The minimum Gasteiger partial charge on any atom is -0.297 e. The number of nitrogens with zero attached hydrogens (tertiary/aromatic N) is 1. The Morgan fingerprint density at radius 3 is 2.57 bits per heavy atom. The Hall–Kier alpha value is -0.0400. The predicted molar refractivity (Wildman–Crippen MR) is 61.4 cm³/mol. The Balaban J connectivity index is 2.14. The molecule has 0 radical (unpaired) electrons. The van der Waals surface area contributed by atoms with Crippen LogP contribution in [-0.2, 0) is 0 Å². The van der Waals surface area contributed by atoms with Gasteiger partial charge in [-0.15, -0.1) is 0 Å². The molecule has 1 aliphatic carbocycles. The Morgan fingerprint density at radius 2 is 1.86 bits per heavy atom. The Kier molecular flexibility index (Phi) is 2.88. The fourth-order valence-electron chi connectivity index (χ4n) is 3.68. The molecule has 2 rings (SSSR count). The molecule has 82 valence electrons. The minimum atomic E-state index is 0.654. The SMILES string of the molecule is CC(C)N1CCC[C@@]2(C)CCCC[C@H]12. The second kappa shape index (κ2) is 3.84. The summed E-state index contributed by atoms with van der Waals surface area (Å²) in [4.78, 5) is 2.77. The van der Waals surface area contributed by atoms with Crippen molar-refractivity contribution in [2.75, 3.05) is 6.54 Å². The largest absolute Gasteiger partial charge is 0.297 e. The molecule has 0 unspecified atom stereocenters. The molecule has 0 bridgehead atoms. The zero-order chi connectivity index (χ0) is 10.2. The van der Waals surface area contributed by atoms with Crippen molar-refractivity contribution in [3.05, 3.63) is 0 Å². The van der Waals surface area contributed by atoms with Crippen LogP contribution >= 0.6 is 0 Å². The molecule has 1 saturated carbocycles. The zero-order valence-electron chi connectivity index (χ0n) is 10.1. The first-order chi connectivity index (χ1) is 6.63. The summed E-state index contributed by atoms with van der Waals surface area (Å²) in [5.41, 5.74) is 0.654. The minimum absolute atomic E-state index is 0.654. The molecule has 1 heterocycles. The molecule has 14 heavy (non-hydrogen) atoms. The van der Waals surface area contributed by atoms with Crippen LogP contribution in [0.4, 0.5) is 0 Å². The number of fused-ring (bicyclic) bond motifs is 1. The maximum atomic E-state index is 2.77. The van der Waals surface area contributed by atoms with Crippen molar-refractivity contribution in [3.63, 3.8) is 0 Å². The highest BCUT2D eigenvalue weighted by Crippen LogP contribution is 2.45. The highest BCUT2D eigenvalue weighted by atomic mass is 15.2. The second-order valence-electron chi connectivity index (χ2n) is 5.85. The topological polar surface area (TPSA) is 3.24 Å². The molecule has 0 aromatic rings. The standard InChI is InChI=1S/C13H25N/c1-11(2)14-10-6-9-13(3)8-5-4-7-12(13)14/h11-12H,4-10H2,1-3H3/t12-,13+/m0/s1. The second-order valence-corrected chi connectivity index (χ2v) is 5.85. The summed E-state index contributed by atoms with van der Waals surface area (Å²) in [5.74, 6) is 0. The van der Waals surface area contributed by atoms with E-state index in [0.717, 1.165) is 12.1 Å². The third-order valence-corrected chi connectivity index (χ3v) is 4.51. The molecule has 1 nitrogen and oxygen atoms in total. The lowest BCUT2D eigenvalue weighted by Gasteiger charge is -2.52. The Labute approximate surface area is 88.9 Å². The number of hydrogen-bond acceptors (Lipinski definition) is 1. The number of likely N-dealkylation sites (tertiary alicyclic amines) is 1. The van der Waals surface area contributed by atoms with E-state index in [4.69, 9.17) is 0 Å². The normalized spacial score (nSPS) is 39.9. The van der Waals surface area contributed by atoms with Crippen molar-refractivity contribution in [1.29, 1.82) is 0 Å². The lowest BCUT2D eigenvalue weighted by Crippen LogP contribution is -2.54. The quantitative estimate of drug-likeness (QED) is 0.619. The molecule has 2 aliphatic rings. The van der Waals surface area contributed by atoms with Crippen molar-refractivity contribution in [2.24, 2.45) is 5.41 Å². The van der Waals surface area contributed by atoms with Gasteiger partial charge in [0.25, 0.3) is 0 Å². The van der Waals surface area contributed by atoms with Gasteiger partial charge in [0, 0.05) is 12.1 Å². The van der Waals surface area contributed by atoms with Gasteiger partial charge in [-0.05, 0) is 51.5 Å². The van der Waals surface area contributed by atoms with Crippen LogP contribution in [0.25, 0.3) is 0 Å². The summed E-state index contributed by atoms with van der Waals surface area (Å²) in [6.45, 7) is 8.60. The van der Waals surface area contributed by atoms with Gasteiger partial charge in [-0.2, -0.15) is 0 Å². The fraction of sp³-hybridized carbons (Fsp3) is 1.00. The number of rotatable bonds is 1. The maximum absolute atomic E-state index is 2.77. The molecule has 1 aliphatic heterocycles. The molecule has 0 aromatic heterocycles. The first kappa shape index (κ1) is 10.5. The lowest BCUT2D eigenvalue weighted by molar-refractivity contribution is -0.0238. The average molecular weight is 195 g/mol. The summed E-state index contributed by atoms with van der Waals surface area (Å²) < 4.78 is 0. The average Bonchev–Trinajstić information content (AvgIpc) is 2.15. The van der Waals surface area contributed by atoms with E-state index >= 15 is 0 Å².